The van der Waals surface area contributed by atoms with Crippen LogP contribution < -0.4 is 0 Å². The van der Waals surface area contributed by atoms with Gasteiger partial charge in [0, 0.05) is 35.5 Å². The third-order valence-corrected chi connectivity index (χ3v) is 10.9. The molecule has 5 aliphatic rings. The first kappa shape index (κ1) is 26.1. The van der Waals surface area contributed by atoms with Crippen molar-refractivity contribution in [1.29, 1.82) is 0 Å². The minimum absolute atomic E-state index is 0.196. The van der Waals surface area contributed by atoms with Gasteiger partial charge in [-0.15, -0.1) is 0 Å². The molecule has 9 atom stereocenters. The van der Waals surface area contributed by atoms with Crippen molar-refractivity contribution in [1.82, 2.24) is 0 Å². The summed E-state index contributed by atoms with van der Waals surface area (Å²) < 4.78 is 11.9. The number of carboxylic acids is 1. The number of carbonyl (C=O) groups excluding carboxylic acids is 1. The summed E-state index contributed by atoms with van der Waals surface area (Å²) in [6.45, 7) is 15.1. The summed E-state index contributed by atoms with van der Waals surface area (Å²) in [6, 6.07) is 8.30. The van der Waals surface area contributed by atoms with Crippen LogP contribution in [0.25, 0.3) is 0 Å². The first-order valence-electron chi connectivity index (χ1n) is 13.1. The van der Waals surface area contributed by atoms with E-state index in [4.69, 9.17) is 14.6 Å². The molecule has 0 aromatic heterocycles. The van der Waals surface area contributed by atoms with Gasteiger partial charge in [-0.3, -0.25) is 4.79 Å². The summed E-state index contributed by atoms with van der Waals surface area (Å²) >= 11 is 0. The monoisotopic (exact) mass is 510 g/mol. The molecule has 7 heteroatoms. The van der Waals surface area contributed by atoms with Crippen LogP contribution in [0, 0.1) is 28.1 Å². The maximum atomic E-state index is 12.1. The minimum Gasteiger partial charge on any atom is -0.478 e. The van der Waals surface area contributed by atoms with Crippen LogP contribution in [-0.2, 0) is 14.3 Å². The lowest BCUT2D eigenvalue weighted by Crippen LogP contribution is -2.86. The zero-order valence-electron chi connectivity index (χ0n) is 22.3. The molecule has 4 fully saturated rings. The fourth-order valence-corrected chi connectivity index (χ4v) is 9.07. The number of hydrogen-bond donors (Lipinski definition) is 3. The van der Waals surface area contributed by atoms with Crippen LogP contribution in [0.15, 0.2) is 53.6 Å². The summed E-state index contributed by atoms with van der Waals surface area (Å²) in [5.41, 5.74) is 0.820. The second kappa shape index (κ2) is 8.26. The van der Waals surface area contributed by atoms with Crippen molar-refractivity contribution < 1.29 is 34.4 Å². The highest BCUT2D eigenvalue weighted by Crippen LogP contribution is 2.86. The van der Waals surface area contributed by atoms with E-state index in [9.17, 15) is 19.8 Å². The van der Waals surface area contributed by atoms with Gasteiger partial charge in [0.15, 0.2) is 0 Å². The standard InChI is InChI=1S/C23H32O5.C7H6O2/c1-11-7-17-15(9-27-17)23-10-22(26)8-16(25)12(2)18(21(22,23)6)13(3)19(20(11,23)5)28-14(4)24;8-7(9)6-4-2-1-3-5-6/h11,15-17,19,25-26H,3,7-10H2,1-2,4-6H3;1-5H,(H,8,9)/t11-,15+,16-,17+,19+,20-,21-,22+,23?;/m0./s1. The van der Waals surface area contributed by atoms with Crippen molar-refractivity contribution >= 4 is 11.9 Å². The van der Waals surface area contributed by atoms with E-state index in [2.05, 4.69) is 27.4 Å². The maximum absolute atomic E-state index is 12.1. The molecule has 3 saturated carbocycles. The second-order valence-electron chi connectivity index (χ2n) is 12.2. The number of carboxylic acid groups (broad SMARTS) is 1. The number of fused-ring (bicyclic) bond motifs is 1. The normalized spacial score (nSPS) is 45.1. The molecule has 7 nitrogen and oxygen atoms in total. The zero-order valence-corrected chi connectivity index (χ0v) is 22.3. The number of ether oxygens (including phenoxy) is 2. The number of benzene rings is 1. The second-order valence-corrected chi connectivity index (χ2v) is 12.2. The predicted octanol–water partition coefficient (Wildman–Crippen LogP) is 4.14. The summed E-state index contributed by atoms with van der Waals surface area (Å²) in [4.78, 5) is 22.3. The molecule has 1 aromatic rings. The van der Waals surface area contributed by atoms with Crippen molar-refractivity contribution in [2.24, 2.45) is 28.1 Å². The number of aromatic carboxylic acids is 1. The van der Waals surface area contributed by atoms with Gasteiger partial charge in [0.1, 0.15) is 6.10 Å². The molecule has 200 valence electrons. The van der Waals surface area contributed by atoms with E-state index in [-0.39, 0.29) is 28.8 Å². The molecule has 4 aliphatic carbocycles. The Balaban J connectivity index is 0.000000265. The van der Waals surface area contributed by atoms with Crippen LogP contribution >= 0.6 is 0 Å². The molecule has 1 spiro atoms. The number of hydrogen-bond acceptors (Lipinski definition) is 6. The number of aliphatic hydroxyl groups excluding tert-OH is 1. The van der Waals surface area contributed by atoms with Crippen molar-refractivity contribution in [2.45, 2.75) is 77.8 Å². The van der Waals surface area contributed by atoms with Crippen molar-refractivity contribution in [3.63, 3.8) is 0 Å². The fraction of sp³-hybridized carbons (Fsp3) is 0.600. The molecule has 0 bridgehead atoms. The van der Waals surface area contributed by atoms with E-state index >= 15 is 0 Å². The van der Waals surface area contributed by atoms with E-state index in [1.807, 2.05) is 6.92 Å². The van der Waals surface area contributed by atoms with Crippen LogP contribution in [0.1, 0.15) is 64.2 Å². The number of carbonyl (C=O) groups is 2. The summed E-state index contributed by atoms with van der Waals surface area (Å²) in [5.74, 6) is -0.612. The van der Waals surface area contributed by atoms with Gasteiger partial charge in [-0.2, -0.15) is 0 Å². The van der Waals surface area contributed by atoms with Crippen LogP contribution in [0.5, 0.6) is 0 Å². The lowest BCUT2D eigenvalue weighted by atomic mass is 9.21. The highest BCUT2D eigenvalue weighted by atomic mass is 16.5. The van der Waals surface area contributed by atoms with Gasteiger partial charge in [-0.25, -0.2) is 4.79 Å². The molecule has 0 radical (unpaired) electrons. The van der Waals surface area contributed by atoms with E-state index in [0.717, 1.165) is 23.1 Å². The van der Waals surface area contributed by atoms with E-state index in [0.29, 0.717) is 30.9 Å². The summed E-state index contributed by atoms with van der Waals surface area (Å²) in [6.07, 6.45) is 0.953. The predicted molar refractivity (Wildman–Crippen MR) is 137 cm³/mol. The molecule has 0 amide bonds. The topological polar surface area (TPSA) is 113 Å². The van der Waals surface area contributed by atoms with E-state index in [1.54, 1.807) is 30.3 Å². The van der Waals surface area contributed by atoms with Gasteiger partial charge in [0.05, 0.1) is 30.0 Å². The average molecular weight is 511 g/mol. The first-order chi connectivity index (χ1) is 17.3. The van der Waals surface area contributed by atoms with Crippen molar-refractivity contribution in [2.75, 3.05) is 6.61 Å². The van der Waals surface area contributed by atoms with Gasteiger partial charge < -0.3 is 24.8 Å². The largest absolute Gasteiger partial charge is 0.478 e. The lowest BCUT2D eigenvalue weighted by Gasteiger charge is -2.84. The summed E-state index contributed by atoms with van der Waals surface area (Å²) in [7, 11) is 0. The Morgan fingerprint density at radius 1 is 1.19 bits per heavy atom. The molecule has 1 heterocycles. The lowest BCUT2D eigenvalue weighted by molar-refractivity contribution is -0.398. The Labute approximate surface area is 218 Å². The van der Waals surface area contributed by atoms with Crippen LogP contribution in [0.2, 0.25) is 0 Å². The third kappa shape index (κ3) is 3.05. The van der Waals surface area contributed by atoms with Crippen LogP contribution in [0.4, 0.5) is 0 Å². The quantitative estimate of drug-likeness (QED) is 0.513. The third-order valence-electron chi connectivity index (χ3n) is 10.9. The zero-order chi connectivity index (χ0) is 27.1. The Morgan fingerprint density at radius 3 is 2.35 bits per heavy atom. The number of aliphatic hydroxyl groups is 2. The molecule has 1 saturated heterocycles. The number of esters is 1. The van der Waals surface area contributed by atoms with E-state index in [1.165, 1.54) is 6.92 Å². The molecule has 1 unspecified atom stereocenters. The highest BCUT2D eigenvalue weighted by Gasteiger charge is 2.87. The van der Waals surface area contributed by atoms with Crippen molar-refractivity contribution in [3.8, 4) is 0 Å². The molecular weight excluding hydrogens is 472 g/mol. The Bertz CT molecular complexity index is 1190. The Hall–Kier alpha value is -2.48. The molecule has 6 rings (SSSR count). The molecule has 37 heavy (non-hydrogen) atoms. The Kier molecular flexibility index (Phi) is 5.83. The molecule has 1 aliphatic heterocycles. The van der Waals surface area contributed by atoms with Gasteiger partial charge in [-0.05, 0) is 54.5 Å². The smallest absolute Gasteiger partial charge is 0.335 e. The average Bonchev–Trinajstić information content (AvgIpc) is 2.82. The van der Waals surface area contributed by atoms with Gasteiger partial charge in [0.25, 0.3) is 0 Å². The molecule has 1 aromatic carbocycles. The van der Waals surface area contributed by atoms with Crippen LogP contribution in [0.3, 0.4) is 0 Å². The molecule has 3 N–H and O–H groups in total. The highest BCUT2D eigenvalue weighted by molar-refractivity contribution is 5.87. The van der Waals surface area contributed by atoms with Crippen molar-refractivity contribution in [3.05, 3.63) is 59.2 Å². The van der Waals surface area contributed by atoms with Gasteiger partial charge in [-0.1, -0.05) is 45.5 Å². The first-order valence-corrected chi connectivity index (χ1v) is 13.1. The minimum atomic E-state index is -0.968. The fourth-order valence-electron chi connectivity index (χ4n) is 9.07. The van der Waals surface area contributed by atoms with E-state index < -0.39 is 29.2 Å². The maximum Gasteiger partial charge on any atom is 0.335 e. The number of rotatable bonds is 2. The SMILES string of the molecule is C=C1C2=C(C)[C@@H](O)C[C@@]3(O)CC4([C@@H]5CO[C@@H]5C[C@H](C)[C@@]4(C)[C@@H]1OC(C)=O)[C@@]23C.O=C(O)c1ccccc1. The summed E-state index contributed by atoms with van der Waals surface area (Å²) in [5, 5.41) is 30.9. The van der Waals surface area contributed by atoms with Gasteiger partial charge >= 0.3 is 11.9 Å². The van der Waals surface area contributed by atoms with Crippen LogP contribution in [-0.4, -0.2) is 57.8 Å². The Morgan fingerprint density at radius 2 is 1.84 bits per heavy atom. The molecular formula is C30H38O7. The van der Waals surface area contributed by atoms with Gasteiger partial charge in [0.2, 0.25) is 0 Å².